The normalized spacial score (nSPS) is 21.7. The minimum absolute atomic E-state index is 0.112. The second-order valence-corrected chi connectivity index (χ2v) is 10.3. The van der Waals surface area contributed by atoms with Gasteiger partial charge in [-0.2, -0.15) is 4.39 Å². The minimum Gasteiger partial charge on any atom is -0.352 e. The first-order chi connectivity index (χ1) is 16.2. The van der Waals surface area contributed by atoms with Crippen LogP contribution in [0, 0.1) is 23.6 Å². The molecule has 2 amide bonds. The highest BCUT2D eigenvalue weighted by Crippen LogP contribution is 2.32. The Morgan fingerprint density at radius 2 is 2.03 bits per heavy atom. The summed E-state index contributed by atoms with van der Waals surface area (Å²) >= 11 is 1.29. The van der Waals surface area contributed by atoms with Crippen LogP contribution in [0.4, 0.5) is 16.0 Å². The topological polar surface area (TPSA) is 114 Å². The van der Waals surface area contributed by atoms with Crippen molar-refractivity contribution in [2.75, 3.05) is 50.3 Å². The van der Waals surface area contributed by atoms with Gasteiger partial charge >= 0.3 is 0 Å². The standard InChI is InChI=1S/C22H36FN7O3S/c1-14-10-29(12-17(14)28(2)3)20-18(23)19(24-22(25-20)34-4)26-27-21(32)16(11-30(33)13-31)9-15-7-5-6-8-15/h13-17,33H,5-12H2,1-4H3,(H,27,32)(H,24,25,26)/t14-,16-,17-/m1/s1. The number of carbonyl (C=O) groups is 2. The Morgan fingerprint density at radius 3 is 2.62 bits per heavy atom. The first-order valence-corrected chi connectivity index (χ1v) is 13.0. The molecule has 34 heavy (non-hydrogen) atoms. The first kappa shape index (κ1) is 26.4. The number of nitrogens with zero attached hydrogens (tertiary/aromatic N) is 5. The Hall–Kier alpha value is -2.18. The van der Waals surface area contributed by atoms with E-state index in [1.807, 2.05) is 25.3 Å². The van der Waals surface area contributed by atoms with Gasteiger partial charge in [-0.3, -0.25) is 25.6 Å². The van der Waals surface area contributed by atoms with Gasteiger partial charge in [-0.1, -0.05) is 44.4 Å². The minimum atomic E-state index is -0.631. The van der Waals surface area contributed by atoms with Crippen molar-refractivity contribution in [1.82, 2.24) is 25.4 Å². The number of likely N-dealkylation sites (N-methyl/N-ethyl adjacent to an activating group) is 1. The maximum Gasteiger partial charge on any atom is 0.243 e. The van der Waals surface area contributed by atoms with Gasteiger partial charge in [-0.25, -0.2) is 15.0 Å². The number of hydrogen-bond acceptors (Lipinski definition) is 9. The molecule has 0 unspecified atom stereocenters. The maximum absolute atomic E-state index is 15.4. The van der Waals surface area contributed by atoms with E-state index in [0.29, 0.717) is 41.6 Å². The summed E-state index contributed by atoms with van der Waals surface area (Å²) in [4.78, 5) is 36.5. The summed E-state index contributed by atoms with van der Waals surface area (Å²) in [6.45, 7) is 3.31. The number of rotatable bonds is 11. The number of amides is 2. The number of hydroxylamine groups is 2. The Morgan fingerprint density at radius 1 is 1.32 bits per heavy atom. The third kappa shape index (κ3) is 6.48. The molecule has 3 rings (SSSR count). The zero-order valence-corrected chi connectivity index (χ0v) is 21.1. The summed E-state index contributed by atoms with van der Waals surface area (Å²) in [5, 5.41) is 10.5. The Bertz CT molecular complexity index is 856. The fourth-order valence-corrected chi connectivity index (χ4v) is 5.36. The number of halogens is 1. The fraction of sp³-hybridized carbons (Fsp3) is 0.727. The van der Waals surface area contributed by atoms with Crippen molar-refractivity contribution in [1.29, 1.82) is 0 Å². The van der Waals surface area contributed by atoms with Crippen LogP contribution in [0.1, 0.15) is 39.0 Å². The van der Waals surface area contributed by atoms with Crippen LogP contribution in [0.15, 0.2) is 5.16 Å². The first-order valence-electron chi connectivity index (χ1n) is 11.7. The average Bonchev–Trinajstić information content (AvgIpc) is 3.47. The summed E-state index contributed by atoms with van der Waals surface area (Å²) in [6, 6.07) is 0.277. The van der Waals surface area contributed by atoms with Gasteiger partial charge in [0.2, 0.25) is 18.1 Å². The summed E-state index contributed by atoms with van der Waals surface area (Å²) in [6.07, 6.45) is 6.90. The molecule has 1 saturated heterocycles. The summed E-state index contributed by atoms with van der Waals surface area (Å²) in [5.41, 5.74) is 5.17. The van der Waals surface area contributed by atoms with E-state index in [-0.39, 0.29) is 30.6 Å². The van der Waals surface area contributed by atoms with E-state index >= 15 is 4.39 Å². The summed E-state index contributed by atoms with van der Waals surface area (Å²) in [7, 11) is 4.02. The lowest BCUT2D eigenvalue weighted by Gasteiger charge is -2.24. The van der Waals surface area contributed by atoms with E-state index < -0.39 is 17.6 Å². The van der Waals surface area contributed by atoms with E-state index in [0.717, 1.165) is 25.7 Å². The molecule has 0 spiro atoms. The molecule has 1 aliphatic heterocycles. The van der Waals surface area contributed by atoms with Crippen LogP contribution in [0.25, 0.3) is 0 Å². The van der Waals surface area contributed by atoms with E-state index in [2.05, 4.69) is 32.6 Å². The molecule has 0 aromatic carbocycles. The Kier molecular flexibility index (Phi) is 9.31. The molecule has 0 radical (unpaired) electrons. The number of anilines is 2. The second-order valence-electron chi connectivity index (χ2n) is 9.53. The highest BCUT2D eigenvalue weighted by molar-refractivity contribution is 7.98. The summed E-state index contributed by atoms with van der Waals surface area (Å²) in [5.74, 6) is -0.890. The van der Waals surface area contributed by atoms with Gasteiger partial charge < -0.3 is 9.80 Å². The van der Waals surface area contributed by atoms with Gasteiger partial charge in [0.15, 0.2) is 16.8 Å². The molecule has 1 aliphatic carbocycles. The van der Waals surface area contributed by atoms with Crippen molar-refractivity contribution >= 4 is 35.7 Å². The van der Waals surface area contributed by atoms with Crippen molar-refractivity contribution in [2.45, 2.75) is 50.2 Å². The number of hydrogen-bond donors (Lipinski definition) is 3. The van der Waals surface area contributed by atoms with Gasteiger partial charge in [-0.05, 0) is 38.6 Å². The number of carbonyl (C=O) groups excluding carboxylic acids is 2. The number of hydrazine groups is 1. The molecule has 2 fully saturated rings. The Balaban J connectivity index is 1.74. The molecule has 2 heterocycles. The van der Waals surface area contributed by atoms with E-state index in [1.165, 1.54) is 11.8 Å². The van der Waals surface area contributed by atoms with E-state index in [4.69, 9.17) is 0 Å². The van der Waals surface area contributed by atoms with Crippen molar-refractivity contribution in [2.24, 2.45) is 17.8 Å². The number of aromatic nitrogens is 2. The van der Waals surface area contributed by atoms with Crippen LogP contribution in [0.5, 0.6) is 0 Å². The van der Waals surface area contributed by atoms with Gasteiger partial charge in [0, 0.05) is 19.1 Å². The van der Waals surface area contributed by atoms with Crippen molar-refractivity contribution < 1.29 is 19.2 Å². The fourth-order valence-electron chi connectivity index (χ4n) is 5.00. The zero-order chi connectivity index (χ0) is 24.8. The maximum atomic E-state index is 15.4. The molecule has 3 atom stereocenters. The lowest BCUT2D eigenvalue weighted by molar-refractivity contribution is -0.154. The predicted molar refractivity (Wildman–Crippen MR) is 129 cm³/mol. The molecule has 2 aliphatic rings. The highest BCUT2D eigenvalue weighted by atomic mass is 32.2. The molecule has 3 N–H and O–H groups in total. The van der Waals surface area contributed by atoms with Gasteiger partial charge in [-0.15, -0.1) is 0 Å². The van der Waals surface area contributed by atoms with Crippen LogP contribution in [-0.2, 0) is 9.59 Å². The monoisotopic (exact) mass is 497 g/mol. The quantitative estimate of drug-likeness (QED) is 0.139. The van der Waals surface area contributed by atoms with Gasteiger partial charge in [0.05, 0.1) is 12.5 Å². The lowest BCUT2D eigenvalue weighted by atomic mass is 9.92. The molecule has 1 aromatic heterocycles. The summed E-state index contributed by atoms with van der Waals surface area (Å²) < 4.78 is 15.4. The van der Waals surface area contributed by atoms with Crippen molar-refractivity contribution in [3.8, 4) is 0 Å². The third-order valence-electron chi connectivity index (χ3n) is 6.83. The number of nitrogens with one attached hydrogen (secondary N) is 2. The van der Waals surface area contributed by atoms with Gasteiger partial charge in [0.25, 0.3) is 0 Å². The lowest BCUT2D eigenvalue weighted by Crippen LogP contribution is -2.41. The largest absolute Gasteiger partial charge is 0.352 e. The second kappa shape index (κ2) is 12.0. The molecule has 0 bridgehead atoms. The third-order valence-corrected chi connectivity index (χ3v) is 7.38. The van der Waals surface area contributed by atoms with Crippen molar-refractivity contribution in [3.63, 3.8) is 0 Å². The molecular formula is C22H36FN7O3S. The molecular weight excluding hydrogens is 461 g/mol. The predicted octanol–water partition coefficient (Wildman–Crippen LogP) is 2.21. The van der Waals surface area contributed by atoms with E-state index in [9.17, 15) is 14.8 Å². The molecule has 12 heteroatoms. The molecule has 1 saturated carbocycles. The molecule has 1 aromatic rings. The van der Waals surface area contributed by atoms with Crippen LogP contribution in [-0.4, -0.2) is 83.5 Å². The van der Waals surface area contributed by atoms with Crippen molar-refractivity contribution in [3.05, 3.63) is 5.82 Å². The number of thioether (sulfide) groups is 1. The smallest absolute Gasteiger partial charge is 0.243 e. The van der Waals surface area contributed by atoms with Crippen LogP contribution >= 0.6 is 11.8 Å². The average molecular weight is 498 g/mol. The molecule has 10 nitrogen and oxygen atoms in total. The highest BCUT2D eigenvalue weighted by Gasteiger charge is 2.34. The van der Waals surface area contributed by atoms with Crippen LogP contribution < -0.4 is 15.8 Å². The van der Waals surface area contributed by atoms with Crippen LogP contribution in [0.3, 0.4) is 0 Å². The van der Waals surface area contributed by atoms with E-state index in [1.54, 1.807) is 0 Å². The molecule has 190 valence electrons. The zero-order valence-electron chi connectivity index (χ0n) is 20.3. The Labute approximate surface area is 204 Å². The van der Waals surface area contributed by atoms with Crippen LogP contribution in [0.2, 0.25) is 0 Å². The SMILES string of the molecule is CSc1nc(NNC(=O)[C@H](CC2CCCC2)CN(O)C=O)c(F)c(N2C[C@@H](C)[C@H](N(C)C)C2)n1. The van der Waals surface area contributed by atoms with Gasteiger partial charge in [0.1, 0.15) is 0 Å².